The van der Waals surface area contributed by atoms with Crippen molar-refractivity contribution < 1.29 is 14.7 Å². The summed E-state index contributed by atoms with van der Waals surface area (Å²) in [5, 5.41) is 8.95. The number of carbonyl (C=O) groups is 2. The Hall–Kier alpha value is -1.58. The fourth-order valence-corrected chi connectivity index (χ4v) is 3.65. The summed E-state index contributed by atoms with van der Waals surface area (Å²) in [6.45, 7) is 8.39. The van der Waals surface area contributed by atoms with E-state index in [0.29, 0.717) is 0 Å². The second kappa shape index (κ2) is 19.4. The third-order valence-corrected chi connectivity index (χ3v) is 5.50. The molecule has 4 nitrogen and oxygen atoms in total. The van der Waals surface area contributed by atoms with E-state index in [4.69, 9.17) is 5.11 Å². The van der Waals surface area contributed by atoms with E-state index < -0.39 is 5.97 Å². The highest BCUT2D eigenvalue weighted by molar-refractivity contribution is 5.83. The van der Waals surface area contributed by atoms with Gasteiger partial charge in [0.15, 0.2) is 0 Å². The normalized spacial score (nSPS) is 12.3. The molecule has 0 aliphatic carbocycles. The second-order valence-electron chi connectivity index (χ2n) is 8.43. The summed E-state index contributed by atoms with van der Waals surface area (Å²) in [7, 11) is 0. The van der Waals surface area contributed by atoms with Crippen LogP contribution in [0.15, 0.2) is 23.5 Å². The molecule has 174 valence electrons. The van der Waals surface area contributed by atoms with Crippen LogP contribution in [0.5, 0.6) is 0 Å². The summed E-state index contributed by atoms with van der Waals surface area (Å²) in [5.74, 6) is -1.04. The fourth-order valence-electron chi connectivity index (χ4n) is 3.65. The zero-order valence-electron chi connectivity index (χ0n) is 20.2. The molecule has 4 heteroatoms. The highest BCUT2D eigenvalue weighted by Gasteiger charge is 2.18. The largest absolute Gasteiger partial charge is 0.481 e. The number of carboxylic acids is 1. The van der Waals surface area contributed by atoms with Gasteiger partial charge in [-0.1, -0.05) is 90.2 Å². The minimum absolute atomic E-state index is 0.0414. The highest BCUT2D eigenvalue weighted by atomic mass is 16.4. The summed E-state index contributed by atoms with van der Waals surface area (Å²) in [4.78, 5) is 25.4. The molecule has 0 unspecified atom stereocenters. The average molecular weight is 422 g/mol. The van der Waals surface area contributed by atoms with Gasteiger partial charge in [-0.2, -0.15) is 0 Å². The summed E-state index contributed by atoms with van der Waals surface area (Å²) in [5.41, 5.74) is 1.85. The Morgan fingerprint density at radius 1 is 0.667 bits per heavy atom. The van der Waals surface area contributed by atoms with E-state index in [0.717, 1.165) is 37.1 Å². The van der Waals surface area contributed by atoms with Gasteiger partial charge in [0.25, 0.3) is 0 Å². The van der Waals surface area contributed by atoms with Crippen LogP contribution in [0.25, 0.3) is 0 Å². The molecule has 0 heterocycles. The molecule has 0 spiro atoms. The van der Waals surface area contributed by atoms with E-state index in [1.54, 1.807) is 4.90 Å². The molecule has 30 heavy (non-hydrogen) atoms. The lowest BCUT2D eigenvalue weighted by molar-refractivity contribution is -0.140. The highest BCUT2D eigenvalue weighted by Crippen LogP contribution is 2.19. The smallest absolute Gasteiger partial charge is 0.303 e. The first-order valence-corrected chi connectivity index (χ1v) is 12.3. The quantitative estimate of drug-likeness (QED) is 0.215. The average Bonchev–Trinajstić information content (AvgIpc) is 2.71. The van der Waals surface area contributed by atoms with Crippen molar-refractivity contribution in [3.05, 3.63) is 23.5 Å². The van der Waals surface area contributed by atoms with Crippen LogP contribution in [-0.4, -0.2) is 21.9 Å². The van der Waals surface area contributed by atoms with Crippen LogP contribution in [0, 0.1) is 0 Å². The second-order valence-corrected chi connectivity index (χ2v) is 8.43. The first-order valence-electron chi connectivity index (χ1n) is 12.3. The van der Waals surface area contributed by atoms with Gasteiger partial charge < -0.3 is 5.11 Å². The Balaban J connectivity index is 4.74. The van der Waals surface area contributed by atoms with E-state index in [1.165, 1.54) is 64.2 Å². The van der Waals surface area contributed by atoms with Gasteiger partial charge in [-0.3, -0.25) is 14.5 Å². The third-order valence-electron chi connectivity index (χ3n) is 5.50. The number of hydrogen-bond donors (Lipinski definition) is 1. The van der Waals surface area contributed by atoms with Gasteiger partial charge in [0.05, 0.1) is 6.42 Å². The number of amides is 1. The molecule has 0 aromatic rings. The number of unbranched alkanes of at least 4 members (excludes halogenated alkanes) is 12. The lowest BCUT2D eigenvalue weighted by Crippen LogP contribution is -2.28. The van der Waals surface area contributed by atoms with Crippen LogP contribution in [-0.2, 0) is 9.59 Å². The molecule has 0 atom stereocenters. The Labute approximate surface area is 185 Å². The van der Waals surface area contributed by atoms with Crippen molar-refractivity contribution in [3.63, 3.8) is 0 Å². The van der Waals surface area contributed by atoms with Crippen LogP contribution in [0.2, 0.25) is 0 Å². The number of allylic oxidation sites excluding steroid dienone is 4. The molecule has 0 radical (unpaired) electrons. The van der Waals surface area contributed by atoms with E-state index in [-0.39, 0.29) is 18.7 Å². The van der Waals surface area contributed by atoms with Crippen LogP contribution in [0.4, 0.5) is 0 Å². The van der Waals surface area contributed by atoms with Crippen molar-refractivity contribution in [1.82, 2.24) is 4.90 Å². The molecule has 1 amide bonds. The van der Waals surface area contributed by atoms with Crippen molar-refractivity contribution in [2.75, 3.05) is 0 Å². The Morgan fingerprint density at radius 2 is 1.07 bits per heavy atom. The summed E-state index contributed by atoms with van der Waals surface area (Å²) < 4.78 is 0. The third kappa shape index (κ3) is 15.3. The molecular weight excluding hydrogens is 374 g/mol. The summed E-state index contributed by atoms with van der Waals surface area (Å²) in [6.07, 6.45) is 21.2. The summed E-state index contributed by atoms with van der Waals surface area (Å²) in [6, 6.07) is 0. The predicted molar refractivity (Wildman–Crippen MR) is 127 cm³/mol. The molecule has 1 N–H and O–H groups in total. The molecule has 0 rings (SSSR count). The maximum absolute atomic E-state index is 12.7. The topological polar surface area (TPSA) is 57.6 Å². The maximum Gasteiger partial charge on any atom is 0.303 e. The minimum Gasteiger partial charge on any atom is -0.481 e. The van der Waals surface area contributed by atoms with Gasteiger partial charge in [-0.15, -0.1) is 0 Å². The Kier molecular flexibility index (Phi) is 18.4. The SMILES string of the molecule is CCCCCCCC/C=C(\C)N(C(=O)CCC(=O)O)/C(C)=C/CCCCCCCC. The van der Waals surface area contributed by atoms with Gasteiger partial charge in [0.1, 0.15) is 0 Å². The number of carboxylic acid groups (broad SMARTS) is 1. The molecule has 0 fully saturated rings. The molecular formula is C26H47NO3. The Morgan fingerprint density at radius 3 is 1.47 bits per heavy atom. The lowest BCUT2D eigenvalue weighted by atomic mass is 10.1. The number of hydrogen-bond acceptors (Lipinski definition) is 2. The fraction of sp³-hybridized carbons (Fsp3) is 0.769. The van der Waals surface area contributed by atoms with Gasteiger partial charge >= 0.3 is 5.97 Å². The molecule has 0 aliphatic rings. The standard InChI is InChI=1S/C26H47NO3/c1-5-7-9-11-13-15-17-19-23(3)27(25(28)21-22-26(29)30)24(4)20-18-16-14-12-10-8-6-2/h19-20H,5-18,21-22H2,1-4H3,(H,29,30)/b23-19+,24-20+. The van der Waals surface area contributed by atoms with Crippen molar-refractivity contribution in [1.29, 1.82) is 0 Å². The zero-order valence-corrected chi connectivity index (χ0v) is 20.2. The van der Waals surface area contributed by atoms with E-state index in [1.807, 2.05) is 13.8 Å². The van der Waals surface area contributed by atoms with Crippen LogP contribution < -0.4 is 0 Å². The van der Waals surface area contributed by atoms with Crippen molar-refractivity contribution in [3.8, 4) is 0 Å². The Bertz CT molecular complexity index is 490. The molecule has 0 saturated carbocycles. The van der Waals surface area contributed by atoms with Crippen LogP contribution in [0.3, 0.4) is 0 Å². The van der Waals surface area contributed by atoms with E-state index >= 15 is 0 Å². The number of aliphatic carboxylic acids is 1. The molecule has 0 aromatic carbocycles. The minimum atomic E-state index is -0.925. The first kappa shape index (κ1) is 28.4. The maximum atomic E-state index is 12.7. The number of carbonyl (C=O) groups excluding carboxylic acids is 1. The zero-order chi connectivity index (χ0) is 22.6. The van der Waals surface area contributed by atoms with Gasteiger partial charge in [-0.25, -0.2) is 0 Å². The molecule has 0 aromatic heterocycles. The predicted octanol–water partition coefficient (Wildman–Crippen LogP) is 7.99. The van der Waals surface area contributed by atoms with Crippen LogP contribution in [0.1, 0.15) is 130 Å². The number of rotatable bonds is 19. The van der Waals surface area contributed by atoms with Crippen molar-refractivity contribution >= 4 is 11.9 Å². The van der Waals surface area contributed by atoms with Crippen molar-refractivity contribution in [2.45, 2.75) is 130 Å². The van der Waals surface area contributed by atoms with Gasteiger partial charge in [-0.05, 0) is 39.5 Å². The van der Waals surface area contributed by atoms with Crippen molar-refractivity contribution in [2.24, 2.45) is 0 Å². The van der Waals surface area contributed by atoms with Gasteiger partial charge in [0, 0.05) is 17.8 Å². The lowest BCUT2D eigenvalue weighted by Gasteiger charge is -2.24. The van der Waals surface area contributed by atoms with E-state index in [2.05, 4.69) is 26.0 Å². The molecule has 0 bridgehead atoms. The summed E-state index contributed by atoms with van der Waals surface area (Å²) >= 11 is 0. The van der Waals surface area contributed by atoms with E-state index in [9.17, 15) is 9.59 Å². The van der Waals surface area contributed by atoms with Crippen LogP contribution >= 0.6 is 0 Å². The first-order chi connectivity index (χ1) is 14.4. The molecule has 0 aliphatic heterocycles. The van der Waals surface area contributed by atoms with Gasteiger partial charge in [0.2, 0.25) is 5.91 Å². The number of nitrogens with zero attached hydrogens (tertiary/aromatic N) is 1. The molecule has 0 saturated heterocycles. The monoisotopic (exact) mass is 421 g/mol.